The number of piperazine rings is 1. The monoisotopic (exact) mass is 435 g/mol. The topological polar surface area (TPSA) is 117 Å². The Morgan fingerprint density at radius 2 is 2.11 bits per heavy atom. The highest BCUT2D eigenvalue weighted by Crippen LogP contribution is 2.25. The summed E-state index contributed by atoms with van der Waals surface area (Å²) in [6, 6.07) is 0.580. The molecule has 0 aromatic carbocycles. The van der Waals surface area contributed by atoms with E-state index < -0.39 is 27.8 Å². The highest BCUT2D eigenvalue weighted by molar-refractivity contribution is 7.94. The molecule has 0 saturated carbocycles. The van der Waals surface area contributed by atoms with Gasteiger partial charge >= 0.3 is 0 Å². The molecule has 2 amide bonds. The predicted molar refractivity (Wildman–Crippen MR) is 108 cm³/mol. The van der Waals surface area contributed by atoms with Gasteiger partial charge in [0.25, 0.3) is 5.91 Å². The quantitative estimate of drug-likeness (QED) is 0.589. The van der Waals surface area contributed by atoms with E-state index in [-0.39, 0.29) is 16.7 Å². The molecular weight excluding hydrogens is 410 g/mol. The molecule has 2 rings (SSSR count). The number of hydrogen-bond acceptors (Lipinski definition) is 7. The van der Waals surface area contributed by atoms with Crippen molar-refractivity contribution in [2.75, 3.05) is 32.7 Å². The lowest BCUT2D eigenvalue weighted by molar-refractivity contribution is -0.120. The molecule has 1 aromatic heterocycles. The number of thiophene rings is 1. The second-order valence-corrected chi connectivity index (χ2v) is 10.3. The summed E-state index contributed by atoms with van der Waals surface area (Å²) in [6.07, 6.45) is 0.414. The standard InChI is InChI=1S/C16H26ClN5O3S2/c1-11(2)7-13(18)16(24)21-27(25,15-8-12(17)10-26-15)20-14(23)9-22-5-3-19-4-6-22/h8,10-11,13,19H,3-7,9,18H2,1-2H3,(H,20,21,23,24,25). The Hall–Kier alpha value is -1.04. The summed E-state index contributed by atoms with van der Waals surface area (Å²) in [5.74, 6) is -0.963. The highest BCUT2D eigenvalue weighted by atomic mass is 35.5. The number of nitrogens with zero attached hydrogens (tertiary/aromatic N) is 2. The number of hydrogen-bond donors (Lipinski definition) is 3. The Morgan fingerprint density at radius 3 is 2.67 bits per heavy atom. The van der Waals surface area contributed by atoms with Crippen molar-refractivity contribution in [1.82, 2.24) is 14.9 Å². The van der Waals surface area contributed by atoms with Crippen molar-refractivity contribution in [3.8, 4) is 0 Å². The van der Waals surface area contributed by atoms with E-state index in [2.05, 4.69) is 14.4 Å². The van der Waals surface area contributed by atoms with Gasteiger partial charge in [0.05, 0.1) is 17.6 Å². The first-order valence-corrected chi connectivity index (χ1v) is 11.5. The number of carbonyl (C=O) groups is 2. The molecule has 4 N–H and O–H groups in total. The first-order chi connectivity index (χ1) is 12.7. The summed E-state index contributed by atoms with van der Waals surface area (Å²) >= 11 is 7.01. The number of amides is 2. The SMILES string of the molecule is CC(C)CC(N)C(=O)N=S(=O)(NC(=O)CN1CCNCC1)c1cc(Cl)cs1. The maximum Gasteiger partial charge on any atom is 0.272 e. The van der Waals surface area contributed by atoms with E-state index in [9.17, 15) is 13.8 Å². The molecule has 0 spiro atoms. The van der Waals surface area contributed by atoms with Crippen LogP contribution >= 0.6 is 22.9 Å². The van der Waals surface area contributed by atoms with E-state index in [0.29, 0.717) is 11.4 Å². The molecule has 11 heteroatoms. The molecule has 152 valence electrons. The Labute approximate surface area is 169 Å². The van der Waals surface area contributed by atoms with Gasteiger partial charge in [0.1, 0.15) is 4.21 Å². The summed E-state index contributed by atoms with van der Waals surface area (Å²) in [7, 11) is -3.49. The van der Waals surface area contributed by atoms with E-state index >= 15 is 0 Å². The van der Waals surface area contributed by atoms with Gasteiger partial charge in [-0.25, -0.2) is 4.21 Å². The summed E-state index contributed by atoms with van der Waals surface area (Å²) in [6.45, 7) is 6.95. The first kappa shape index (κ1) is 22.3. The Morgan fingerprint density at radius 1 is 1.44 bits per heavy atom. The first-order valence-electron chi connectivity index (χ1n) is 8.74. The van der Waals surface area contributed by atoms with Gasteiger partial charge in [0.15, 0.2) is 9.92 Å². The normalized spacial score (nSPS) is 18.7. The van der Waals surface area contributed by atoms with Crippen molar-refractivity contribution in [3.63, 3.8) is 0 Å². The third-order valence-corrected chi connectivity index (χ3v) is 7.55. The lowest BCUT2D eigenvalue weighted by atomic mass is 10.0. The van der Waals surface area contributed by atoms with Crippen LogP contribution in [-0.4, -0.2) is 59.7 Å². The Kier molecular flexibility index (Phi) is 8.20. The van der Waals surface area contributed by atoms with Crippen molar-refractivity contribution in [2.24, 2.45) is 16.0 Å². The number of carbonyl (C=O) groups excluding carboxylic acids is 2. The average molecular weight is 436 g/mol. The zero-order valence-electron chi connectivity index (χ0n) is 15.4. The Balaban J connectivity index is 2.22. The summed E-state index contributed by atoms with van der Waals surface area (Å²) in [5.41, 5.74) is 5.87. The maximum absolute atomic E-state index is 13.4. The molecule has 2 heterocycles. The van der Waals surface area contributed by atoms with E-state index in [1.807, 2.05) is 18.7 Å². The maximum atomic E-state index is 13.4. The van der Waals surface area contributed by atoms with Crippen LogP contribution in [0.3, 0.4) is 0 Å². The minimum Gasteiger partial charge on any atom is -0.320 e. The number of halogens is 1. The largest absolute Gasteiger partial charge is 0.320 e. The number of rotatable bonds is 7. The van der Waals surface area contributed by atoms with E-state index in [0.717, 1.165) is 37.5 Å². The molecule has 8 nitrogen and oxygen atoms in total. The molecule has 1 saturated heterocycles. The fraction of sp³-hybridized carbons (Fsp3) is 0.625. The molecule has 27 heavy (non-hydrogen) atoms. The minimum atomic E-state index is -3.49. The van der Waals surface area contributed by atoms with Gasteiger partial charge in [0.2, 0.25) is 5.91 Å². The van der Waals surface area contributed by atoms with Crippen molar-refractivity contribution in [2.45, 2.75) is 30.5 Å². The lowest BCUT2D eigenvalue weighted by Gasteiger charge is -2.26. The van der Waals surface area contributed by atoms with E-state index in [1.165, 1.54) is 6.07 Å². The van der Waals surface area contributed by atoms with Crippen molar-refractivity contribution < 1.29 is 13.8 Å². The van der Waals surface area contributed by atoms with Crippen molar-refractivity contribution in [3.05, 3.63) is 16.5 Å². The molecule has 1 fully saturated rings. The third-order valence-electron chi connectivity index (χ3n) is 3.91. The van der Waals surface area contributed by atoms with Crippen LogP contribution < -0.4 is 15.8 Å². The molecular formula is C16H26ClN5O3S2. The number of nitrogens with one attached hydrogen (secondary N) is 2. The van der Waals surface area contributed by atoms with Crippen LogP contribution in [0.15, 0.2) is 20.0 Å². The third kappa shape index (κ3) is 6.81. The van der Waals surface area contributed by atoms with Gasteiger partial charge in [-0.2, -0.15) is 0 Å². The van der Waals surface area contributed by atoms with Crippen LogP contribution in [0, 0.1) is 5.92 Å². The van der Waals surface area contributed by atoms with Crippen LogP contribution in [0.1, 0.15) is 20.3 Å². The fourth-order valence-corrected chi connectivity index (χ4v) is 5.67. The van der Waals surface area contributed by atoms with Gasteiger partial charge in [-0.3, -0.25) is 19.2 Å². The second-order valence-electron chi connectivity index (χ2n) is 6.83. The van der Waals surface area contributed by atoms with Gasteiger partial charge in [-0.05, 0) is 18.4 Å². The van der Waals surface area contributed by atoms with Gasteiger partial charge in [-0.1, -0.05) is 25.4 Å². The fourth-order valence-electron chi connectivity index (χ4n) is 2.62. The zero-order chi connectivity index (χ0) is 20.0. The van der Waals surface area contributed by atoms with Gasteiger partial charge in [-0.15, -0.1) is 15.7 Å². The molecule has 1 aliphatic rings. The number of nitrogens with two attached hydrogens (primary N) is 1. The molecule has 1 aromatic rings. The molecule has 0 radical (unpaired) electrons. The smallest absolute Gasteiger partial charge is 0.272 e. The highest BCUT2D eigenvalue weighted by Gasteiger charge is 2.24. The van der Waals surface area contributed by atoms with Gasteiger partial charge in [0, 0.05) is 31.6 Å². The van der Waals surface area contributed by atoms with Crippen LogP contribution in [0.4, 0.5) is 0 Å². The van der Waals surface area contributed by atoms with Crippen molar-refractivity contribution in [1.29, 1.82) is 0 Å². The zero-order valence-corrected chi connectivity index (χ0v) is 17.8. The van der Waals surface area contributed by atoms with Gasteiger partial charge < -0.3 is 11.1 Å². The average Bonchev–Trinajstić information content (AvgIpc) is 3.02. The van der Waals surface area contributed by atoms with Crippen LogP contribution in [-0.2, 0) is 19.5 Å². The van der Waals surface area contributed by atoms with Crippen LogP contribution in [0.2, 0.25) is 5.02 Å². The molecule has 0 aliphatic carbocycles. The van der Waals surface area contributed by atoms with E-state index in [4.69, 9.17) is 17.3 Å². The summed E-state index contributed by atoms with van der Waals surface area (Å²) < 4.78 is 19.9. The lowest BCUT2D eigenvalue weighted by Crippen LogP contribution is -2.48. The second kappa shape index (κ2) is 9.94. The molecule has 2 unspecified atom stereocenters. The predicted octanol–water partition coefficient (Wildman–Crippen LogP) is 1.06. The minimum absolute atomic E-state index is 0.0829. The molecule has 2 atom stereocenters. The van der Waals surface area contributed by atoms with Crippen LogP contribution in [0.25, 0.3) is 0 Å². The van der Waals surface area contributed by atoms with Crippen LogP contribution in [0.5, 0.6) is 0 Å². The van der Waals surface area contributed by atoms with Crippen molar-refractivity contribution >= 4 is 44.7 Å². The summed E-state index contributed by atoms with van der Waals surface area (Å²) in [5, 5.41) is 5.14. The van der Waals surface area contributed by atoms with E-state index in [1.54, 1.807) is 5.38 Å². The Bertz CT molecular complexity index is 783. The molecule has 1 aliphatic heterocycles. The summed E-state index contributed by atoms with van der Waals surface area (Å²) in [4.78, 5) is 26.8. The molecule has 0 bridgehead atoms.